The maximum atomic E-state index is 13.9. The lowest BCUT2D eigenvalue weighted by atomic mass is 9.99. The number of benzene rings is 1. The first-order valence-electron chi connectivity index (χ1n) is 6.32. The molecule has 0 radical (unpaired) electrons. The summed E-state index contributed by atoms with van der Waals surface area (Å²) in [6, 6.07) is 4.74. The van der Waals surface area contributed by atoms with Crippen molar-refractivity contribution >= 4 is 21.9 Å². The molecule has 0 aliphatic carbocycles. The van der Waals surface area contributed by atoms with Crippen molar-refractivity contribution in [3.8, 4) is 0 Å². The number of hydrogen-bond donors (Lipinski definition) is 1. The standard InChI is InChI=1S/C14H17BrFNO2/c1-8-6-17(7-12(8)14(18)19)9(2)11-5-10(15)3-4-13(11)16/h3-5,8-9,12H,6-7H2,1-2H3,(H,18,19)/t8-,9?,12-/m1/s1. The zero-order valence-electron chi connectivity index (χ0n) is 10.9. The number of aliphatic carboxylic acids is 1. The zero-order chi connectivity index (χ0) is 14.2. The van der Waals surface area contributed by atoms with Crippen LogP contribution in [0.2, 0.25) is 0 Å². The minimum atomic E-state index is -0.767. The van der Waals surface area contributed by atoms with E-state index in [4.69, 9.17) is 5.11 Å². The lowest BCUT2D eigenvalue weighted by Crippen LogP contribution is -2.26. The maximum Gasteiger partial charge on any atom is 0.308 e. The third kappa shape index (κ3) is 2.98. The van der Waals surface area contributed by atoms with Crippen molar-refractivity contribution in [2.24, 2.45) is 11.8 Å². The Morgan fingerprint density at radius 3 is 2.79 bits per heavy atom. The number of nitrogens with zero attached hydrogens (tertiary/aromatic N) is 1. The van der Waals surface area contributed by atoms with Gasteiger partial charge in [-0.2, -0.15) is 0 Å². The van der Waals surface area contributed by atoms with Gasteiger partial charge in [-0.3, -0.25) is 9.69 Å². The summed E-state index contributed by atoms with van der Waals surface area (Å²) < 4.78 is 14.7. The summed E-state index contributed by atoms with van der Waals surface area (Å²) >= 11 is 3.34. The number of carboxylic acids is 1. The molecule has 1 heterocycles. The highest BCUT2D eigenvalue weighted by Gasteiger charge is 2.37. The largest absolute Gasteiger partial charge is 0.481 e. The van der Waals surface area contributed by atoms with Gasteiger partial charge in [0.2, 0.25) is 0 Å². The predicted octanol–water partition coefficient (Wildman–Crippen LogP) is 3.30. The van der Waals surface area contributed by atoms with E-state index in [9.17, 15) is 9.18 Å². The minimum Gasteiger partial charge on any atom is -0.481 e. The summed E-state index contributed by atoms with van der Waals surface area (Å²) in [4.78, 5) is 13.2. The number of carbonyl (C=O) groups is 1. The van der Waals surface area contributed by atoms with Gasteiger partial charge in [0.25, 0.3) is 0 Å². The van der Waals surface area contributed by atoms with Gasteiger partial charge < -0.3 is 5.11 Å². The topological polar surface area (TPSA) is 40.5 Å². The Hall–Kier alpha value is -0.940. The molecule has 1 unspecified atom stereocenters. The molecule has 2 rings (SSSR count). The average Bonchev–Trinajstić information content (AvgIpc) is 2.74. The second-order valence-corrected chi connectivity index (χ2v) is 6.13. The minimum absolute atomic E-state index is 0.0927. The van der Waals surface area contributed by atoms with Gasteiger partial charge in [0.05, 0.1) is 5.92 Å². The van der Waals surface area contributed by atoms with E-state index >= 15 is 0 Å². The summed E-state index contributed by atoms with van der Waals surface area (Å²) in [5.41, 5.74) is 0.604. The van der Waals surface area contributed by atoms with Gasteiger partial charge in [-0.25, -0.2) is 4.39 Å². The molecule has 1 N–H and O–H groups in total. The molecule has 0 bridgehead atoms. The van der Waals surface area contributed by atoms with E-state index in [0.29, 0.717) is 18.7 Å². The molecule has 0 aromatic heterocycles. The lowest BCUT2D eigenvalue weighted by Gasteiger charge is -2.25. The molecule has 104 valence electrons. The molecule has 3 nitrogen and oxygen atoms in total. The Labute approximate surface area is 120 Å². The molecule has 0 saturated carbocycles. The highest BCUT2D eigenvalue weighted by Crippen LogP contribution is 2.33. The van der Waals surface area contributed by atoms with Crippen molar-refractivity contribution in [2.75, 3.05) is 13.1 Å². The van der Waals surface area contributed by atoms with Crippen LogP contribution >= 0.6 is 15.9 Å². The van der Waals surface area contributed by atoms with Crippen molar-refractivity contribution in [3.05, 3.63) is 34.1 Å². The first-order valence-corrected chi connectivity index (χ1v) is 7.11. The van der Waals surface area contributed by atoms with Gasteiger partial charge >= 0.3 is 5.97 Å². The summed E-state index contributed by atoms with van der Waals surface area (Å²) in [6.45, 7) is 5.01. The van der Waals surface area contributed by atoms with Crippen molar-refractivity contribution in [1.29, 1.82) is 0 Å². The summed E-state index contributed by atoms with van der Waals surface area (Å²) in [5, 5.41) is 9.14. The third-order valence-corrected chi connectivity index (χ3v) is 4.41. The normalized spacial score (nSPS) is 25.5. The van der Waals surface area contributed by atoms with Gasteiger partial charge in [0, 0.05) is 29.2 Å². The molecular weight excluding hydrogens is 313 g/mol. The van der Waals surface area contributed by atoms with E-state index < -0.39 is 5.97 Å². The monoisotopic (exact) mass is 329 g/mol. The van der Waals surface area contributed by atoms with Crippen LogP contribution in [0.5, 0.6) is 0 Å². The number of halogens is 2. The molecule has 1 aliphatic rings. The zero-order valence-corrected chi connectivity index (χ0v) is 12.5. The van der Waals surface area contributed by atoms with Crippen LogP contribution in [0.15, 0.2) is 22.7 Å². The molecule has 5 heteroatoms. The number of carboxylic acid groups (broad SMARTS) is 1. The van der Waals surface area contributed by atoms with E-state index in [1.54, 1.807) is 12.1 Å². The van der Waals surface area contributed by atoms with Crippen molar-refractivity contribution in [1.82, 2.24) is 4.90 Å². The summed E-state index contributed by atoms with van der Waals surface area (Å²) in [5.74, 6) is -1.29. The van der Waals surface area contributed by atoms with Crippen LogP contribution < -0.4 is 0 Å². The second-order valence-electron chi connectivity index (χ2n) is 5.22. The van der Waals surface area contributed by atoms with Crippen molar-refractivity contribution < 1.29 is 14.3 Å². The van der Waals surface area contributed by atoms with Crippen LogP contribution in [-0.2, 0) is 4.79 Å². The molecule has 3 atom stereocenters. The van der Waals surface area contributed by atoms with Gasteiger partial charge in [-0.15, -0.1) is 0 Å². The van der Waals surface area contributed by atoms with Gasteiger partial charge in [0.1, 0.15) is 5.82 Å². The van der Waals surface area contributed by atoms with Crippen LogP contribution in [-0.4, -0.2) is 29.1 Å². The van der Waals surface area contributed by atoms with Gasteiger partial charge in [-0.05, 0) is 31.0 Å². The summed E-state index contributed by atoms with van der Waals surface area (Å²) in [6.07, 6.45) is 0. The first kappa shape index (κ1) is 14.5. The van der Waals surface area contributed by atoms with E-state index in [1.807, 2.05) is 18.7 Å². The Morgan fingerprint density at radius 1 is 1.53 bits per heavy atom. The van der Waals surface area contributed by atoms with E-state index in [0.717, 1.165) is 4.47 Å². The summed E-state index contributed by atoms with van der Waals surface area (Å²) in [7, 11) is 0. The van der Waals surface area contributed by atoms with Crippen LogP contribution in [0.4, 0.5) is 4.39 Å². The second kappa shape index (κ2) is 5.59. The van der Waals surface area contributed by atoms with Crippen LogP contribution in [0.3, 0.4) is 0 Å². The van der Waals surface area contributed by atoms with Crippen molar-refractivity contribution in [3.63, 3.8) is 0 Å². The molecule has 0 amide bonds. The Bertz CT molecular complexity index is 494. The van der Waals surface area contributed by atoms with Crippen molar-refractivity contribution in [2.45, 2.75) is 19.9 Å². The number of rotatable bonds is 3. The van der Waals surface area contributed by atoms with Gasteiger partial charge in [-0.1, -0.05) is 22.9 Å². The Morgan fingerprint density at radius 2 is 2.21 bits per heavy atom. The third-order valence-electron chi connectivity index (χ3n) is 3.91. The van der Waals surface area contributed by atoms with Crippen LogP contribution in [0.1, 0.15) is 25.5 Å². The molecule has 1 saturated heterocycles. The highest BCUT2D eigenvalue weighted by molar-refractivity contribution is 9.10. The molecule has 1 aromatic carbocycles. The molecule has 0 spiro atoms. The maximum absolute atomic E-state index is 13.9. The smallest absolute Gasteiger partial charge is 0.308 e. The fourth-order valence-electron chi connectivity index (χ4n) is 2.67. The fourth-order valence-corrected chi connectivity index (χ4v) is 3.05. The Kier molecular flexibility index (Phi) is 4.26. The lowest BCUT2D eigenvalue weighted by molar-refractivity contribution is -0.142. The SMILES string of the molecule is CC(c1cc(Br)ccc1F)N1C[C@@H](C)[C@H](C(=O)O)C1. The molecular formula is C14H17BrFNO2. The number of likely N-dealkylation sites (tertiary alicyclic amines) is 1. The first-order chi connectivity index (χ1) is 8.90. The molecule has 1 aliphatic heterocycles. The average molecular weight is 330 g/mol. The van der Waals surface area contributed by atoms with Gasteiger partial charge in [0.15, 0.2) is 0 Å². The fraction of sp³-hybridized carbons (Fsp3) is 0.500. The van der Waals surface area contributed by atoms with Crippen LogP contribution in [0.25, 0.3) is 0 Å². The van der Waals surface area contributed by atoms with E-state index in [2.05, 4.69) is 15.9 Å². The highest BCUT2D eigenvalue weighted by atomic mass is 79.9. The van der Waals surface area contributed by atoms with E-state index in [-0.39, 0.29) is 23.7 Å². The predicted molar refractivity (Wildman–Crippen MR) is 74.4 cm³/mol. The number of hydrogen-bond acceptors (Lipinski definition) is 2. The quantitative estimate of drug-likeness (QED) is 0.924. The molecule has 1 fully saturated rings. The van der Waals surface area contributed by atoms with Crippen LogP contribution in [0, 0.1) is 17.7 Å². The van der Waals surface area contributed by atoms with E-state index in [1.165, 1.54) is 6.07 Å². The Balaban J connectivity index is 2.19. The molecule has 19 heavy (non-hydrogen) atoms. The molecule has 1 aromatic rings.